The number of ether oxygens (including phenoxy) is 1. The lowest BCUT2D eigenvalue weighted by Crippen LogP contribution is -2.31. The number of hydrogen-bond acceptors (Lipinski definition) is 5. The van der Waals surface area contributed by atoms with Gasteiger partial charge in [0.05, 0.1) is 23.1 Å². The molecule has 0 aliphatic carbocycles. The summed E-state index contributed by atoms with van der Waals surface area (Å²) < 4.78 is 11.6. The number of amides is 1. The average molecular weight is 458 g/mol. The number of thioether (sulfide) groups is 1. The molecule has 1 amide bonds. The minimum atomic E-state index is -0.503. The molecule has 31 heavy (non-hydrogen) atoms. The van der Waals surface area contributed by atoms with E-state index in [-0.39, 0.29) is 23.2 Å². The van der Waals surface area contributed by atoms with Crippen LogP contribution in [-0.4, -0.2) is 36.3 Å². The summed E-state index contributed by atoms with van der Waals surface area (Å²) in [5.74, 6) is -0.156. The molecule has 1 unspecified atom stereocenters. The molecular weight excluding hydrogens is 434 g/mol. The van der Waals surface area contributed by atoms with Crippen LogP contribution in [0.3, 0.4) is 0 Å². The summed E-state index contributed by atoms with van der Waals surface area (Å²) in [5.41, 5.74) is 1.40. The van der Waals surface area contributed by atoms with E-state index >= 15 is 0 Å². The smallest absolute Gasteiger partial charge is 0.290 e. The maximum atomic E-state index is 13.5. The zero-order chi connectivity index (χ0) is 22.1. The highest BCUT2D eigenvalue weighted by Gasteiger charge is 2.42. The molecule has 0 N–H and O–H groups in total. The molecule has 4 rings (SSSR count). The van der Waals surface area contributed by atoms with Gasteiger partial charge in [-0.3, -0.25) is 9.59 Å². The molecule has 0 saturated carbocycles. The van der Waals surface area contributed by atoms with Gasteiger partial charge in [-0.25, -0.2) is 0 Å². The van der Waals surface area contributed by atoms with Crippen molar-refractivity contribution in [3.63, 3.8) is 0 Å². The van der Waals surface area contributed by atoms with E-state index in [1.54, 1.807) is 34.9 Å². The predicted molar refractivity (Wildman–Crippen MR) is 124 cm³/mol. The number of benzene rings is 2. The van der Waals surface area contributed by atoms with Gasteiger partial charge in [0.1, 0.15) is 5.58 Å². The Labute approximate surface area is 190 Å². The van der Waals surface area contributed by atoms with Gasteiger partial charge in [-0.05, 0) is 62.4 Å². The molecule has 7 heteroatoms. The topological polar surface area (TPSA) is 59.8 Å². The van der Waals surface area contributed by atoms with Gasteiger partial charge in [0.15, 0.2) is 5.43 Å². The molecular formula is C24H24ClNO4S. The summed E-state index contributed by atoms with van der Waals surface area (Å²) in [6, 6.07) is 12.3. The summed E-state index contributed by atoms with van der Waals surface area (Å²) >= 11 is 7.76. The molecule has 2 aromatic carbocycles. The van der Waals surface area contributed by atoms with Gasteiger partial charge in [-0.15, -0.1) is 11.8 Å². The monoisotopic (exact) mass is 457 g/mol. The number of hydrogen-bond donors (Lipinski definition) is 0. The molecule has 1 atom stereocenters. The Balaban J connectivity index is 1.81. The maximum Gasteiger partial charge on any atom is 0.290 e. The highest BCUT2D eigenvalue weighted by molar-refractivity contribution is 7.98. The summed E-state index contributed by atoms with van der Waals surface area (Å²) in [5, 5.41) is 0.836. The van der Waals surface area contributed by atoms with E-state index in [1.807, 2.05) is 44.4 Å². The lowest BCUT2D eigenvalue weighted by Gasteiger charge is -2.25. The zero-order valence-electron chi connectivity index (χ0n) is 17.7. The van der Waals surface area contributed by atoms with Crippen molar-refractivity contribution in [3.8, 4) is 0 Å². The fourth-order valence-electron chi connectivity index (χ4n) is 3.91. The average Bonchev–Trinajstić information content (AvgIpc) is 3.04. The van der Waals surface area contributed by atoms with E-state index in [9.17, 15) is 9.59 Å². The van der Waals surface area contributed by atoms with Gasteiger partial charge >= 0.3 is 0 Å². The van der Waals surface area contributed by atoms with Gasteiger partial charge in [0.2, 0.25) is 5.76 Å². The van der Waals surface area contributed by atoms with Crippen molar-refractivity contribution in [2.75, 3.05) is 19.4 Å². The first-order chi connectivity index (χ1) is 14.9. The first-order valence-corrected chi connectivity index (χ1v) is 11.8. The van der Waals surface area contributed by atoms with Crippen molar-refractivity contribution < 1.29 is 13.9 Å². The molecule has 162 valence electrons. The summed E-state index contributed by atoms with van der Waals surface area (Å²) in [4.78, 5) is 29.6. The second-order valence-electron chi connectivity index (χ2n) is 7.76. The summed E-state index contributed by atoms with van der Waals surface area (Å²) in [7, 11) is 0. The first kappa shape index (κ1) is 21.9. The lowest BCUT2D eigenvalue weighted by atomic mass is 9.98. The minimum absolute atomic E-state index is 0.114. The number of carbonyl (C=O) groups is 1. The highest BCUT2D eigenvalue weighted by atomic mass is 35.5. The van der Waals surface area contributed by atoms with Crippen LogP contribution in [0.25, 0.3) is 11.0 Å². The Morgan fingerprint density at radius 2 is 1.90 bits per heavy atom. The molecule has 0 spiro atoms. The number of fused-ring (bicyclic) bond motifs is 2. The number of rotatable bonds is 7. The molecule has 1 aromatic heterocycles. The SMILES string of the molecule is CSc1ccc(C2c3c(oc4ccc(Cl)cc4c3=O)C(=O)N2CCCOC(C)C)cc1. The molecule has 3 aromatic rings. The second kappa shape index (κ2) is 9.07. The van der Waals surface area contributed by atoms with Crippen LogP contribution in [0.1, 0.15) is 48.0 Å². The molecule has 0 fully saturated rings. The van der Waals surface area contributed by atoms with Crippen molar-refractivity contribution in [1.29, 1.82) is 0 Å². The van der Waals surface area contributed by atoms with Crippen molar-refractivity contribution in [2.45, 2.75) is 37.3 Å². The third-order valence-corrected chi connectivity index (χ3v) is 6.33. The van der Waals surface area contributed by atoms with Crippen LogP contribution in [0.5, 0.6) is 0 Å². The number of halogens is 1. The summed E-state index contributed by atoms with van der Waals surface area (Å²) in [6.07, 6.45) is 2.80. The van der Waals surface area contributed by atoms with Crippen LogP contribution >= 0.6 is 23.4 Å². The van der Waals surface area contributed by atoms with E-state index in [0.717, 1.165) is 10.5 Å². The van der Waals surface area contributed by atoms with Gasteiger partial charge in [0, 0.05) is 23.1 Å². The maximum absolute atomic E-state index is 13.5. The second-order valence-corrected chi connectivity index (χ2v) is 9.08. The van der Waals surface area contributed by atoms with E-state index < -0.39 is 6.04 Å². The molecule has 5 nitrogen and oxygen atoms in total. The van der Waals surface area contributed by atoms with Crippen LogP contribution in [-0.2, 0) is 4.74 Å². The molecule has 0 saturated heterocycles. The van der Waals surface area contributed by atoms with Crippen LogP contribution in [0.2, 0.25) is 5.02 Å². The molecule has 0 bridgehead atoms. The van der Waals surface area contributed by atoms with E-state index in [0.29, 0.717) is 41.1 Å². The van der Waals surface area contributed by atoms with Crippen molar-refractivity contribution >= 4 is 40.2 Å². The van der Waals surface area contributed by atoms with Crippen LogP contribution in [0.15, 0.2) is 56.6 Å². The van der Waals surface area contributed by atoms with Crippen LogP contribution < -0.4 is 5.43 Å². The quantitative estimate of drug-likeness (QED) is 0.345. The van der Waals surface area contributed by atoms with Crippen molar-refractivity contribution in [1.82, 2.24) is 4.90 Å². The van der Waals surface area contributed by atoms with E-state index in [1.165, 1.54) is 0 Å². The zero-order valence-corrected chi connectivity index (χ0v) is 19.3. The normalized spacial score (nSPS) is 15.8. The van der Waals surface area contributed by atoms with Crippen LogP contribution in [0.4, 0.5) is 0 Å². The van der Waals surface area contributed by atoms with Crippen molar-refractivity contribution in [2.24, 2.45) is 0 Å². The molecule has 1 aliphatic heterocycles. The van der Waals surface area contributed by atoms with Crippen molar-refractivity contribution in [3.05, 3.63) is 74.6 Å². The molecule has 2 heterocycles. The molecule has 0 radical (unpaired) electrons. The Morgan fingerprint density at radius 3 is 2.58 bits per heavy atom. The first-order valence-electron chi connectivity index (χ1n) is 10.2. The third-order valence-electron chi connectivity index (χ3n) is 5.35. The Morgan fingerprint density at radius 1 is 1.16 bits per heavy atom. The Kier molecular flexibility index (Phi) is 6.42. The van der Waals surface area contributed by atoms with Gasteiger partial charge in [-0.2, -0.15) is 0 Å². The predicted octanol–water partition coefficient (Wildman–Crippen LogP) is 5.53. The number of carbonyl (C=O) groups excluding carboxylic acids is 1. The van der Waals surface area contributed by atoms with Crippen LogP contribution in [0, 0.1) is 0 Å². The largest absolute Gasteiger partial charge is 0.450 e. The van der Waals surface area contributed by atoms with E-state index in [4.69, 9.17) is 20.8 Å². The van der Waals surface area contributed by atoms with Gasteiger partial charge in [0.25, 0.3) is 5.91 Å². The lowest BCUT2D eigenvalue weighted by molar-refractivity contribution is 0.0593. The van der Waals surface area contributed by atoms with Gasteiger partial charge in [-0.1, -0.05) is 23.7 Å². The summed E-state index contributed by atoms with van der Waals surface area (Å²) in [6.45, 7) is 4.95. The fourth-order valence-corrected chi connectivity index (χ4v) is 4.49. The third kappa shape index (κ3) is 4.25. The van der Waals surface area contributed by atoms with E-state index in [2.05, 4.69) is 0 Å². The Hall–Kier alpha value is -2.28. The highest BCUT2D eigenvalue weighted by Crippen LogP contribution is 2.38. The number of nitrogens with zero attached hydrogens (tertiary/aromatic N) is 1. The fraction of sp³-hybridized carbons (Fsp3) is 0.333. The minimum Gasteiger partial charge on any atom is -0.450 e. The molecule has 1 aliphatic rings. The van der Waals surface area contributed by atoms with Gasteiger partial charge < -0.3 is 14.1 Å². The Bertz CT molecular complexity index is 1170. The standard InChI is InChI=1S/C24H24ClNO4S/c1-14(2)29-12-4-11-26-21(15-5-8-17(31-3)9-6-15)20-22(27)18-13-16(25)7-10-19(18)30-23(20)24(26)28/h5-10,13-14,21H,4,11-12H2,1-3H3.